The van der Waals surface area contributed by atoms with Gasteiger partial charge in [0.15, 0.2) is 0 Å². The number of aromatic hydroxyl groups is 1. The maximum atomic E-state index is 9.20. The second-order valence-electron chi connectivity index (χ2n) is 3.69. The molecular formula is C12H15N3O. The zero-order chi connectivity index (χ0) is 11.4. The van der Waals surface area contributed by atoms with Gasteiger partial charge in [0.1, 0.15) is 11.6 Å². The SMILES string of the molecule is CNC(Cc1ccc(O)cc1)c1ncc[nH]1. The summed E-state index contributed by atoms with van der Waals surface area (Å²) >= 11 is 0. The first-order chi connectivity index (χ1) is 7.79. The molecular weight excluding hydrogens is 202 g/mol. The Labute approximate surface area is 94.4 Å². The Balaban J connectivity index is 2.10. The number of nitrogens with one attached hydrogen (secondary N) is 2. The van der Waals surface area contributed by atoms with Crippen LogP contribution in [0, 0.1) is 0 Å². The Morgan fingerprint density at radius 2 is 2.12 bits per heavy atom. The van der Waals surface area contributed by atoms with Crippen LogP contribution in [0.5, 0.6) is 5.75 Å². The molecule has 84 valence electrons. The molecule has 1 atom stereocenters. The lowest BCUT2D eigenvalue weighted by molar-refractivity contribution is 0.474. The van der Waals surface area contributed by atoms with Gasteiger partial charge in [-0.2, -0.15) is 0 Å². The zero-order valence-corrected chi connectivity index (χ0v) is 9.14. The number of likely N-dealkylation sites (N-methyl/N-ethyl adjacent to an activating group) is 1. The van der Waals surface area contributed by atoms with E-state index in [0.717, 1.165) is 17.8 Å². The molecule has 0 amide bonds. The van der Waals surface area contributed by atoms with Gasteiger partial charge in [-0.3, -0.25) is 0 Å². The molecule has 2 aromatic rings. The number of imidazole rings is 1. The summed E-state index contributed by atoms with van der Waals surface area (Å²) in [7, 11) is 1.91. The summed E-state index contributed by atoms with van der Waals surface area (Å²) in [5, 5.41) is 12.4. The summed E-state index contributed by atoms with van der Waals surface area (Å²) in [6.45, 7) is 0. The lowest BCUT2D eigenvalue weighted by Gasteiger charge is -2.13. The monoisotopic (exact) mass is 217 g/mol. The van der Waals surface area contributed by atoms with E-state index in [0.29, 0.717) is 5.75 Å². The van der Waals surface area contributed by atoms with Crippen LogP contribution in [0.25, 0.3) is 0 Å². The molecule has 1 aromatic carbocycles. The largest absolute Gasteiger partial charge is 0.508 e. The quantitative estimate of drug-likeness (QED) is 0.729. The van der Waals surface area contributed by atoms with Crippen molar-refractivity contribution in [3.8, 4) is 5.75 Å². The van der Waals surface area contributed by atoms with Crippen molar-refractivity contribution in [1.29, 1.82) is 0 Å². The second-order valence-corrected chi connectivity index (χ2v) is 3.69. The highest BCUT2D eigenvalue weighted by Crippen LogP contribution is 2.16. The highest BCUT2D eigenvalue weighted by molar-refractivity contribution is 5.26. The number of benzene rings is 1. The van der Waals surface area contributed by atoms with E-state index in [2.05, 4.69) is 15.3 Å². The molecule has 0 fully saturated rings. The Kier molecular flexibility index (Phi) is 3.22. The number of aromatic amines is 1. The first-order valence-corrected chi connectivity index (χ1v) is 5.24. The van der Waals surface area contributed by atoms with Crippen LogP contribution >= 0.6 is 0 Å². The Bertz CT molecular complexity index is 422. The van der Waals surface area contributed by atoms with E-state index in [1.165, 1.54) is 0 Å². The number of hydrogen-bond acceptors (Lipinski definition) is 3. The second kappa shape index (κ2) is 4.81. The summed E-state index contributed by atoms with van der Waals surface area (Å²) < 4.78 is 0. The fourth-order valence-electron chi connectivity index (χ4n) is 1.67. The number of nitrogens with zero attached hydrogens (tertiary/aromatic N) is 1. The van der Waals surface area contributed by atoms with Crippen molar-refractivity contribution < 1.29 is 5.11 Å². The van der Waals surface area contributed by atoms with Crippen molar-refractivity contribution in [3.05, 3.63) is 48.0 Å². The lowest BCUT2D eigenvalue weighted by Crippen LogP contribution is -2.20. The van der Waals surface area contributed by atoms with Crippen molar-refractivity contribution in [2.45, 2.75) is 12.5 Å². The van der Waals surface area contributed by atoms with Crippen molar-refractivity contribution in [2.75, 3.05) is 7.05 Å². The van der Waals surface area contributed by atoms with Gasteiger partial charge < -0.3 is 15.4 Å². The van der Waals surface area contributed by atoms with E-state index in [4.69, 9.17) is 0 Å². The average Bonchev–Trinajstić information content (AvgIpc) is 2.82. The van der Waals surface area contributed by atoms with Crippen LogP contribution < -0.4 is 5.32 Å². The molecule has 4 nitrogen and oxygen atoms in total. The molecule has 0 radical (unpaired) electrons. The fourth-order valence-corrected chi connectivity index (χ4v) is 1.67. The van der Waals surface area contributed by atoms with Crippen LogP contribution in [-0.2, 0) is 6.42 Å². The molecule has 1 heterocycles. The van der Waals surface area contributed by atoms with Crippen molar-refractivity contribution in [1.82, 2.24) is 15.3 Å². The Morgan fingerprint density at radius 1 is 1.38 bits per heavy atom. The first-order valence-electron chi connectivity index (χ1n) is 5.24. The molecule has 0 aliphatic heterocycles. The third kappa shape index (κ3) is 2.41. The molecule has 16 heavy (non-hydrogen) atoms. The molecule has 0 saturated heterocycles. The number of H-pyrrole nitrogens is 1. The number of rotatable bonds is 4. The molecule has 0 bridgehead atoms. The average molecular weight is 217 g/mol. The summed E-state index contributed by atoms with van der Waals surface area (Å²) in [5.41, 5.74) is 1.16. The highest BCUT2D eigenvalue weighted by Gasteiger charge is 2.11. The molecule has 0 saturated carbocycles. The third-order valence-corrected chi connectivity index (χ3v) is 2.57. The number of phenolic OH excluding ortho intramolecular Hbond substituents is 1. The molecule has 1 unspecified atom stereocenters. The smallest absolute Gasteiger partial charge is 0.123 e. The normalized spacial score (nSPS) is 12.6. The minimum atomic E-state index is 0.166. The minimum Gasteiger partial charge on any atom is -0.508 e. The van der Waals surface area contributed by atoms with Gasteiger partial charge in [-0.15, -0.1) is 0 Å². The Hall–Kier alpha value is -1.81. The molecule has 0 aliphatic carbocycles. The van der Waals surface area contributed by atoms with Gasteiger partial charge in [0.25, 0.3) is 0 Å². The van der Waals surface area contributed by atoms with Crippen LogP contribution in [0.3, 0.4) is 0 Å². The topological polar surface area (TPSA) is 60.9 Å². The van der Waals surface area contributed by atoms with E-state index in [-0.39, 0.29) is 6.04 Å². The van der Waals surface area contributed by atoms with Crippen LogP contribution in [0.1, 0.15) is 17.4 Å². The standard InChI is InChI=1S/C12H15N3O/c1-13-11(12-14-6-7-15-12)8-9-2-4-10(16)5-3-9/h2-7,11,13,16H,8H2,1H3,(H,14,15). The summed E-state index contributed by atoms with van der Waals surface area (Å²) in [5.74, 6) is 1.22. The molecule has 0 aliphatic rings. The van der Waals surface area contributed by atoms with Gasteiger partial charge in [0.2, 0.25) is 0 Å². The van der Waals surface area contributed by atoms with Crippen molar-refractivity contribution in [2.24, 2.45) is 0 Å². The van der Waals surface area contributed by atoms with E-state index in [9.17, 15) is 5.11 Å². The lowest BCUT2D eigenvalue weighted by atomic mass is 10.1. The minimum absolute atomic E-state index is 0.166. The van der Waals surface area contributed by atoms with E-state index in [1.54, 1.807) is 18.3 Å². The third-order valence-electron chi connectivity index (χ3n) is 2.57. The maximum Gasteiger partial charge on any atom is 0.123 e. The van der Waals surface area contributed by atoms with Gasteiger partial charge in [0.05, 0.1) is 6.04 Å². The summed E-state index contributed by atoms with van der Waals surface area (Å²) in [6, 6.07) is 7.40. The zero-order valence-electron chi connectivity index (χ0n) is 9.14. The van der Waals surface area contributed by atoms with Gasteiger partial charge >= 0.3 is 0 Å². The molecule has 2 rings (SSSR count). The van der Waals surface area contributed by atoms with Gasteiger partial charge in [0, 0.05) is 12.4 Å². The molecule has 0 spiro atoms. The fraction of sp³-hybridized carbons (Fsp3) is 0.250. The summed E-state index contributed by atoms with van der Waals surface area (Å²) in [4.78, 5) is 7.33. The molecule has 1 aromatic heterocycles. The predicted octanol–water partition coefficient (Wildman–Crippen LogP) is 1.62. The number of hydrogen-bond donors (Lipinski definition) is 3. The molecule has 3 N–H and O–H groups in total. The molecule has 4 heteroatoms. The first kappa shape index (κ1) is 10.7. The van der Waals surface area contributed by atoms with Crippen LogP contribution in [-0.4, -0.2) is 22.1 Å². The van der Waals surface area contributed by atoms with E-state index < -0.39 is 0 Å². The van der Waals surface area contributed by atoms with Crippen LogP contribution in [0.15, 0.2) is 36.7 Å². The van der Waals surface area contributed by atoms with Crippen molar-refractivity contribution in [3.63, 3.8) is 0 Å². The van der Waals surface area contributed by atoms with Gasteiger partial charge in [-0.25, -0.2) is 4.98 Å². The van der Waals surface area contributed by atoms with Gasteiger partial charge in [-0.1, -0.05) is 12.1 Å². The van der Waals surface area contributed by atoms with Crippen LogP contribution in [0.2, 0.25) is 0 Å². The Morgan fingerprint density at radius 3 is 2.69 bits per heavy atom. The van der Waals surface area contributed by atoms with E-state index >= 15 is 0 Å². The summed E-state index contributed by atoms with van der Waals surface area (Å²) in [6.07, 6.45) is 4.40. The predicted molar refractivity (Wildman–Crippen MR) is 62.2 cm³/mol. The van der Waals surface area contributed by atoms with E-state index in [1.807, 2.05) is 25.4 Å². The van der Waals surface area contributed by atoms with Crippen LogP contribution in [0.4, 0.5) is 0 Å². The number of aromatic nitrogens is 2. The highest BCUT2D eigenvalue weighted by atomic mass is 16.3. The van der Waals surface area contributed by atoms with Gasteiger partial charge in [-0.05, 0) is 31.2 Å². The number of phenols is 1. The maximum absolute atomic E-state index is 9.20. The van der Waals surface area contributed by atoms with Crippen molar-refractivity contribution >= 4 is 0 Å².